The van der Waals surface area contributed by atoms with E-state index in [1.807, 2.05) is 0 Å². The molecule has 106 valence electrons. The monoisotopic (exact) mass is 283 g/mol. The molecule has 2 aromatic rings. The van der Waals surface area contributed by atoms with Gasteiger partial charge in [0.15, 0.2) is 17.5 Å². The predicted molar refractivity (Wildman–Crippen MR) is 66.3 cm³/mol. The molecule has 1 aromatic heterocycles. The molecule has 2 rings (SSSR count). The highest BCUT2D eigenvalue weighted by Crippen LogP contribution is 2.28. The predicted octanol–water partition coefficient (Wildman–Crippen LogP) is 2.06. The third-order valence-electron chi connectivity index (χ3n) is 2.80. The van der Waals surface area contributed by atoms with Gasteiger partial charge in [-0.25, -0.2) is 18.6 Å². The number of pyridine rings is 1. The lowest BCUT2D eigenvalue weighted by molar-refractivity contribution is 0.399. The van der Waals surface area contributed by atoms with Gasteiger partial charge in [0.05, 0.1) is 13.2 Å². The molecule has 1 unspecified atom stereocenters. The summed E-state index contributed by atoms with van der Waals surface area (Å²) in [7, 11) is 1.43. The summed E-state index contributed by atoms with van der Waals surface area (Å²) in [4.78, 5) is 4.07. The topological polar surface area (TPSA) is 60.2 Å². The number of nitrogens with one attached hydrogen (secondary N) is 1. The first-order chi connectivity index (χ1) is 9.58. The minimum Gasteiger partial charge on any atom is -0.495 e. The van der Waals surface area contributed by atoms with E-state index in [9.17, 15) is 13.2 Å². The van der Waals surface area contributed by atoms with Crippen molar-refractivity contribution in [3.8, 4) is 5.75 Å². The van der Waals surface area contributed by atoms with E-state index in [2.05, 4.69) is 10.4 Å². The van der Waals surface area contributed by atoms with E-state index >= 15 is 0 Å². The Morgan fingerprint density at radius 2 is 1.90 bits per heavy atom. The van der Waals surface area contributed by atoms with E-state index in [4.69, 9.17) is 10.6 Å². The van der Waals surface area contributed by atoms with Crippen LogP contribution >= 0.6 is 0 Å². The Hall–Kier alpha value is -2.12. The van der Waals surface area contributed by atoms with Crippen LogP contribution in [0.3, 0.4) is 0 Å². The van der Waals surface area contributed by atoms with Gasteiger partial charge in [0.2, 0.25) is 0 Å². The van der Waals surface area contributed by atoms with Crippen LogP contribution in [0, 0.1) is 17.5 Å². The standard InChI is InChI=1S/C13H12F3N3O/c1-20-10-3-2-4-18-13(10)12(19-17)7-5-8(14)11(16)9(15)6-7/h2-6,12,19H,17H2,1H3. The number of aromatic nitrogens is 1. The largest absolute Gasteiger partial charge is 0.495 e. The van der Waals surface area contributed by atoms with Gasteiger partial charge in [0.1, 0.15) is 11.4 Å². The van der Waals surface area contributed by atoms with Crippen molar-refractivity contribution in [1.29, 1.82) is 0 Å². The van der Waals surface area contributed by atoms with Crippen molar-refractivity contribution in [2.24, 2.45) is 5.84 Å². The molecule has 1 atom stereocenters. The van der Waals surface area contributed by atoms with Crippen LogP contribution in [-0.4, -0.2) is 12.1 Å². The quantitative estimate of drug-likeness (QED) is 0.512. The summed E-state index contributed by atoms with van der Waals surface area (Å²) in [5, 5.41) is 0. The van der Waals surface area contributed by atoms with Gasteiger partial charge in [0.25, 0.3) is 0 Å². The van der Waals surface area contributed by atoms with Crippen LogP contribution in [0.2, 0.25) is 0 Å². The maximum atomic E-state index is 13.3. The lowest BCUT2D eigenvalue weighted by Gasteiger charge is -2.18. The number of rotatable bonds is 4. The summed E-state index contributed by atoms with van der Waals surface area (Å²) in [6.07, 6.45) is 1.48. The second kappa shape index (κ2) is 5.89. The van der Waals surface area contributed by atoms with E-state index in [0.29, 0.717) is 11.4 Å². The third-order valence-corrected chi connectivity index (χ3v) is 2.80. The highest BCUT2D eigenvalue weighted by atomic mass is 19.2. The molecule has 0 fully saturated rings. The van der Waals surface area contributed by atoms with Crippen molar-refractivity contribution in [1.82, 2.24) is 10.4 Å². The number of halogens is 3. The van der Waals surface area contributed by atoms with E-state index in [0.717, 1.165) is 12.1 Å². The maximum absolute atomic E-state index is 13.3. The number of benzene rings is 1. The number of ether oxygens (including phenoxy) is 1. The molecule has 0 saturated heterocycles. The summed E-state index contributed by atoms with van der Waals surface area (Å²) in [6, 6.07) is 4.15. The summed E-state index contributed by atoms with van der Waals surface area (Å²) < 4.78 is 44.7. The van der Waals surface area contributed by atoms with Crippen LogP contribution in [0.4, 0.5) is 13.2 Å². The zero-order chi connectivity index (χ0) is 14.7. The van der Waals surface area contributed by atoms with Gasteiger partial charge in [-0.15, -0.1) is 0 Å². The molecular formula is C13H12F3N3O. The number of nitrogens with two attached hydrogens (primary N) is 1. The van der Waals surface area contributed by atoms with E-state index in [-0.39, 0.29) is 5.56 Å². The zero-order valence-corrected chi connectivity index (χ0v) is 10.5. The summed E-state index contributed by atoms with van der Waals surface area (Å²) in [5.41, 5.74) is 2.82. The van der Waals surface area contributed by atoms with Gasteiger partial charge in [-0.3, -0.25) is 10.8 Å². The van der Waals surface area contributed by atoms with E-state index in [1.54, 1.807) is 12.1 Å². The molecule has 0 bridgehead atoms. The fourth-order valence-electron chi connectivity index (χ4n) is 1.87. The lowest BCUT2D eigenvalue weighted by Crippen LogP contribution is -2.30. The molecular weight excluding hydrogens is 271 g/mol. The highest BCUT2D eigenvalue weighted by Gasteiger charge is 2.21. The maximum Gasteiger partial charge on any atom is 0.194 e. The molecule has 0 amide bonds. The molecule has 0 aliphatic carbocycles. The van der Waals surface area contributed by atoms with Gasteiger partial charge in [-0.2, -0.15) is 0 Å². The molecule has 3 N–H and O–H groups in total. The van der Waals surface area contributed by atoms with Crippen molar-refractivity contribution in [2.75, 3.05) is 7.11 Å². The van der Waals surface area contributed by atoms with Gasteiger partial charge in [0, 0.05) is 6.20 Å². The van der Waals surface area contributed by atoms with Crippen LogP contribution in [0.25, 0.3) is 0 Å². The van der Waals surface area contributed by atoms with Gasteiger partial charge in [-0.05, 0) is 29.8 Å². The molecule has 0 saturated carbocycles. The fourth-order valence-corrected chi connectivity index (χ4v) is 1.87. The van der Waals surface area contributed by atoms with Crippen LogP contribution in [0.5, 0.6) is 5.75 Å². The number of methoxy groups -OCH3 is 1. The zero-order valence-electron chi connectivity index (χ0n) is 10.5. The first kappa shape index (κ1) is 14.3. The Morgan fingerprint density at radius 1 is 1.25 bits per heavy atom. The second-order valence-corrected chi connectivity index (χ2v) is 3.99. The summed E-state index contributed by atoms with van der Waals surface area (Å²) in [5.74, 6) is 1.68. The molecule has 7 heteroatoms. The van der Waals surface area contributed by atoms with Crippen molar-refractivity contribution >= 4 is 0 Å². The third kappa shape index (κ3) is 2.59. The fraction of sp³-hybridized carbons (Fsp3) is 0.154. The smallest absolute Gasteiger partial charge is 0.194 e. The number of nitrogens with zero attached hydrogens (tertiary/aromatic N) is 1. The molecule has 1 aromatic carbocycles. The summed E-state index contributed by atoms with van der Waals surface area (Å²) in [6.45, 7) is 0. The molecule has 0 radical (unpaired) electrons. The second-order valence-electron chi connectivity index (χ2n) is 3.99. The van der Waals surface area contributed by atoms with Crippen LogP contribution in [0.1, 0.15) is 17.3 Å². The molecule has 0 aliphatic heterocycles. The highest BCUT2D eigenvalue weighted by molar-refractivity contribution is 5.37. The molecule has 4 nitrogen and oxygen atoms in total. The Balaban J connectivity index is 2.52. The Morgan fingerprint density at radius 3 is 2.45 bits per heavy atom. The Kier molecular flexibility index (Phi) is 4.21. The van der Waals surface area contributed by atoms with Gasteiger partial charge in [-0.1, -0.05) is 0 Å². The SMILES string of the molecule is COc1cccnc1C(NN)c1cc(F)c(F)c(F)c1. The number of hydrazine groups is 1. The van der Waals surface area contributed by atoms with Crippen molar-refractivity contribution in [3.05, 3.63) is 59.2 Å². The van der Waals surface area contributed by atoms with Crippen LogP contribution < -0.4 is 16.0 Å². The molecule has 20 heavy (non-hydrogen) atoms. The van der Waals surface area contributed by atoms with Crippen molar-refractivity contribution in [3.63, 3.8) is 0 Å². The Bertz CT molecular complexity index is 599. The molecule has 0 spiro atoms. The minimum atomic E-state index is -1.53. The van der Waals surface area contributed by atoms with Crippen molar-refractivity contribution < 1.29 is 17.9 Å². The van der Waals surface area contributed by atoms with Crippen molar-refractivity contribution in [2.45, 2.75) is 6.04 Å². The average Bonchev–Trinajstić information content (AvgIpc) is 2.46. The van der Waals surface area contributed by atoms with E-state index in [1.165, 1.54) is 13.3 Å². The number of hydrogen-bond acceptors (Lipinski definition) is 4. The summed E-state index contributed by atoms with van der Waals surface area (Å²) >= 11 is 0. The molecule has 0 aliphatic rings. The first-order valence-corrected chi connectivity index (χ1v) is 5.68. The molecule has 1 heterocycles. The lowest BCUT2D eigenvalue weighted by atomic mass is 10.0. The van der Waals surface area contributed by atoms with E-state index < -0.39 is 23.5 Å². The van der Waals surface area contributed by atoms with Gasteiger partial charge >= 0.3 is 0 Å². The normalized spacial score (nSPS) is 12.2. The first-order valence-electron chi connectivity index (χ1n) is 5.68. The average molecular weight is 283 g/mol. The van der Waals surface area contributed by atoms with Crippen LogP contribution in [0.15, 0.2) is 30.5 Å². The number of hydrogen-bond donors (Lipinski definition) is 2. The minimum absolute atomic E-state index is 0.0981. The van der Waals surface area contributed by atoms with Crippen LogP contribution in [-0.2, 0) is 0 Å². The van der Waals surface area contributed by atoms with Gasteiger partial charge < -0.3 is 4.74 Å². The Labute approximate surface area is 113 Å².